The van der Waals surface area contributed by atoms with Crippen molar-refractivity contribution < 1.29 is 9.50 Å². The minimum absolute atomic E-state index is 0.103. The summed E-state index contributed by atoms with van der Waals surface area (Å²) in [5.41, 5.74) is 2.74. The SMILES string of the molecule is Cc1cc(F)c(Cl)c(CCCO)c1C. The number of benzene rings is 1. The molecule has 0 aliphatic rings. The van der Waals surface area contributed by atoms with Gasteiger partial charge < -0.3 is 5.11 Å². The van der Waals surface area contributed by atoms with E-state index in [4.69, 9.17) is 16.7 Å². The van der Waals surface area contributed by atoms with Crippen LogP contribution in [0.3, 0.4) is 0 Å². The van der Waals surface area contributed by atoms with Gasteiger partial charge in [0.15, 0.2) is 0 Å². The lowest BCUT2D eigenvalue weighted by Gasteiger charge is -2.11. The predicted octanol–water partition coefficient (Wildman–Crippen LogP) is 3.02. The molecule has 0 heterocycles. The van der Waals surface area contributed by atoms with Crippen molar-refractivity contribution in [3.63, 3.8) is 0 Å². The number of aliphatic hydroxyl groups excluding tert-OH is 1. The van der Waals surface area contributed by atoms with Gasteiger partial charge in [-0.25, -0.2) is 4.39 Å². The van der Waals surface area contributed by atoms with Crippen molar-refractivity contribution in [2.24, 2.45) is 0 Å². The molecule has 0 saturated carbocycles. The van der Waals surface area contributed by atoms with Crippen LogP contribution in [-0.4, -0.2) is 11.7 Å². The molecule has 0 fully saturated rings. The van der Waals surface area contributed by atoms with E-state index in [-0.39, 0.29) is 17.4 Å². The first-order valence-electron chi connectivity index (χ1n) is 4.63. The van der Waals surface area contributed by atoms with Gasteiger partial charge in [-0.15, -0.1) is 0 Å². The van der Waals surface area contributed by atoms with Crippen molar-refractivity contribution in [1.82, 2.24) is 0 Å². The Labute approximate surface area is 88.5 Å². The molecule has 14 heavy (non-hydrogen) atoms. The summed E-state index contributed by atoms with van der Waals surface area (Å²) in [7, 11) is 0. The molecule has 0 unspecified atom stereocenters. The van der Waals surface area contributed by atoms with Gasteiger partial charge >= 0.3 is 0 Å². The lowest BCUT2D eigenvalue weighted by molar-refractivity contribution is 0.288. The Balaban J connectivity index is 3.11. The van der Waals surface area contributed by atoms with Crippen molar-refractivity contribution in [2.75, 3.05) is 6.61 Å². The summed E-state index contributed by atoms with van der Waals surface area (Å²) in [6.07, 6.45) is 1.24. The predicted molar refractivity (Wildman–Crippen MR) is 56.3 cm³/mol. The molecule has 78 valence electrons. The maximum Gasteiger partial charge on any atom is 0.142 e. The molecule has 0 atom stereocenters. The Morgan fingerprint density at radius 3 is 2.64 bits per heavy atom. The Hall–Kier alpha value is -0.600. The topological polar surface area (TPSA) is 20.2 Å². The normalized spacial score (nSPS) is 10.6. The molecule has 1 nitrogen and oxygen atoms in total. The summed E-state index contributed by atoms with van der Waals surface area (Å²) in [4.78, 5) is 0. The van der Waals surface area contributed by atoms with E-state index < -0.39 is 0 Å². The lowest BCUT2D eigenvalue weighted by Crippen LogP contribution is -1.98. The highest BCUT2D eigenvalue weighted by molar-refractivity contribution is 6.31. The summed E-state index contributed by atoms with van der Waals surface area (Å²) in [5, 5.41) is 8.91. The molecule has 1 aromatic rings. The second-order valence-corrected chi connectivity index (χ2v) is 3.80. The van der Waals surface area contributed by atoms with E-state index in [1.807, 2.05) is 13.8 Å². The first kappa shape index (κ1) is 11.5. The van der Waals surface area contributed by atoms with Crippen LogP contribution < -0.4 is 0 Å². The fourth-order valence-corrected chi connectivity index (χ4v) is 1.75. The van der Waals surface area contributed by atoms with E-state index in [9.17, 15) is 4.39 Å². The summed E-state index contributed by atoms with van der Waals surface area (Å²) < 4.78 is 13.3. The zero-order chi connectivity index (χ0) is 10.7. The molecule has 0 aromatic heterocycles. The number of aryl methyl sites for hydroxylation is 1. The first-order valence-corrected chi connectivity index (χ1v) is 5.00. The molecule has 0 aliphatic heterocycles. The first-order chi connectivity index (χ1) is 6.57. The molecule has 3 heteroatoms. The Morgan fingerprint density at radius 1 is 1.43 bits per heavy atom. The maximum atomic E-state index is 13.3. The fourth-order valence-electron chi connectivity index (χ4n) is 1.46. The van der Waals surface area contributed by atoms with Crippen LogP contribution in [-0.2, 0) is 6.42 Å². The molecule has 0 radical (unpaired) electrons. The summed E-state index contributed by atoms with van der Waals surface area (Å²) in [5.74, 6) is -0.372. The lowest BCUT2D eigenvalue weighted by atomic mass is 9.99. The van der Waals surface area contributed by atoms with Gasteiger partial charge in [-0.05, 0) is 49.4 Å². The molecule has 1 N–H and O–H groups in total. The standard InChI is InChI=1S/C11H14ClFO/c1-7-6-10(13)11(12)9(8(7)2)4-3-5-14/h6,14H,3-5H2,1-2H3. The number of halogens is 2. The van der Waals surface area contributed by atoms with Gasteiger partial charge in [0.25, 0.3) is 0 Å². The Morgan fingerprint density at radius 2 is 2.07 bits per heavy atom. The van der Waals surface area contributed by atoms with Gasteiger partial charge in [-0.1, -0.05) is 11.6 Å². The molecule has 0 spiro atoms. The third-order valence-electron chi connectivity index (χ3n) is 2.45. The van der Waals surface area contributed by atoms with Crippen LogP contribution in [0.1, 0.15) is 23.1 Å². The van der Waals surface area contributed by atoms with Crippen LogP contribution >= 0.6 is 11.6 Å². The molecule has 0 saturated heterocycles. The Bertz CT molecular complexity index is 310. The summed E-state index contributed by atoms with van der Waals surface area (Å²) >= 11 is 5.85. The van der Waals surface area contributed by atoms with Crippen LogP contribution in [0.25, 0.3) is 0 Å². The number of rotatable bonds is 3. The highest BCUT2D eigenvalue weighted by Gasteiger charge is 2.11. The van der Waals surface area contributed by atoms with Gasteiger partial charge in [-0.3, -0.25) is 0 Å². The third kappa shape index (κ3) is 2.25. The van der Waals surface area contributed by atoms with Gasteiger partial charge in [0.1, 0.15) is 5.82 Å². The zero-order valence-corrected chi connectivity index (χ0v) is 9.16. The molecule has 0 amide bonds. The average molecular weight is 217 g/mol. The van der Waals surface area contributed by atoms with Crippen LogP contribution in [0, 0.1) is 19.7 Å². The van der Waals surface area contributed by atoms with E-state index in [0.29, 0.717) is 12.8 Å². The van der Waals surface area contributed by atoms with Crippen molar-refractivity contribution in [3.05, 3.63) is 33.6 Å². The van der Waals surface area contributed by atoms with Gasteiger partial charge in [-0.2, -0.15) is 0 Å². The van der Waals surface area contributed by atoms with Crippen LogP contribution in [0.4, 0.5) is 4.39 Å². The molecule has 0 bridgehead atoms. The van der Waals surface area contributed by atoms with Crippen LogP contribution in [0.5, 0.6) is 0 Å². The highest BCUT2D eigenvalue weighted by atomic mass is 35.5. The van der Waals surface area contributed by atoms with Crippen molar-refractivity contribution in [2.45, 2.75) is 26.7 Å². The quantitative estimate of drug-likeness (QED) is 0.824. The van der Waals surface area contributed by atoms with E-state index in [1.54, 1.807) is 0 Å². The molecule has 1 aromatic carbocycles. The van der Waals surface area contributed by atoms with E-state index in [0.717, 1.165) is 16.7 Å². The second-order valence-electron chi connectivity index (χ2n) is 3.42. The smallest absolute Gasteiger partial charge is 0.142 e. The number of hydrogen-bond donors (Lipinski definition) is 1. The maximum absolute atomic E-state index is 13.3. The minimum atomic E-state index is -0.372. The monoisotopic (exact) mass is 216 g/mol. The van der Waals surface area contributed by atoms with E-state index in [2.05, 4.69) is 0 Å². The zero-order valence-electron chi connectivity index (χ0n) is 8.40. The average Bonchev–Trinajstić information content (AvgIpc) is 2.15. The molecular formula is C11H14ClFO. The van der Waals surface area contributed by atoms with E-state index >= 15 is 0 Å². The van der Waals surface area contributed by atoms with Crippen molar-refractivity contribution in [3.8, 4) is 0 Å². The fraction of sp³-hybridized carbons (Fsp3) is 0.455. The van der Waals surface area contributed by atoms with Gasteiger partial charge in [0.05, 0.1) is 5.02 Å². The van der Waals surface area contributed by atoms with Gasteiger partial charge in [0.2, 0.25) is 0 Å². The number of aliphatic hydroxyl groups is 1. The largest absolute Gasteiger partial charge is 0.396 e. The summed E-state index contributed by atoms with van der Waals surface area (Å²) in [6.45, 7) is 3.88. The highest BCUT2D eigenvalue weighted by Crippen LogP contribution is 2.27. The molecular weight excluding hydrogens is 203 g/mol. The van der Waals surface area contributed by atoms with Crippen molar-refractivity contribution in [1.29, 1.82) is 0 Å². The second kappa shape index (κ2) is 4.76. The van der Waals surface area contributed by atoms with Crippen LogP contribution in [0.2, 0.25) is 5.02 Å². The van der Waals surface area contributed by atoms with Crippen molar-refractivity contribution >= 4 is 11.6 Å². The van der Waals surface area contributed by atoms with Crippen LogP contribution in [0.15, 0.2) is 6.07 Å². The number of hydrogen-bond acceptors (Lipinski definition) is 1. The third-order valence-corrected chi connectivity index (χ3v) is 2.86. The Kier molecular flexibility index (Phi) is 3.90. The van der Waals surface area contributed by atoms with Gasteiger partial charge in [0, 0.05) is 6.61 Å². The molecule has 1 rings (SSSR count). The van der Waals surface area contributed by atoms with E-state index in [1.165, 1.54) is 6.07 Å². The minimum Gasteiger partial charge on any atom is -0.396 e. The molecule has 0 aliphatic carbocycles. The summed E-state index contributed by atoms with van der Waals surface area (Å²) in [6, 6.07) is 1.44.